The molecule has 2 atom stereocenters. The van der Waals surface area contributed by atoms with Gasteiger partial charge < -0.3 is 10.1 Å². The molecule has 3 heteroatoms. The van der Waals surface area contributed by atoms with E-state index in [0.717, 1.165) is 30.2 Å². The number of halogens is 1. The number of ether oxygens (including phenoxy) is 1. The van der Waals surface area contributed by atoms with Crippen molar-refractivity contribution < 1.29 is 4.74 Å². The van der Waals surface area contributed by atoms with Gasteiger partial charge in [0.15, 0.2) is 0 Å². The molecule has 1 N–H and O–H groups in total. The average molecular weight is 298 g/mol. The highest BCUT2D eigenvalue weighted by Crippen LogP contribution is 2.26. The summed E-state index contributed by atoms with van der Waals surface area (Å²) in [6, 6.07) is 6.30. The maximum atomic E-state index is 6.13. The Hall–Kier alpha value is -0.730. The van der Waals surface area contributed by atoms with Gasteiger partial charge in [-0.3, -0.25) is 0 Å². The summed E-state index contributed by atoms with van der Waals surface area (Å²) < 4.78 is 5.46. The number of nitrogens with one attached hydrogen (secondary N) is 1. The van der Waals surface area contributed by atoms with E-state index in [1.165, 1.54) is 5.56 Å². The summed E-state index contributed by atoms with van der Waals surface area (Å²) in [6.45, 7) is 10.1. The van der Waals surface area contributed by atoms with E-state index in [1.54, 1.807) is 7.11 Å². The summed E-state index contributed by atoms with van der Waals surface area (Å²) in [5.74, 6) is 2.17. The van der Waals surface area contributed by atoms with E-state index in [1.807, 2.05) is 18.2 Å². The molecule has 0 bridgehead atoms. The average Bonchev–Trinajstić information content (AvgIpc) is 2.42. The van der Waals surface area contributed by atoms with Crippen molar-refractivity contribution in [2.45, 2.75) is 46.6 Å². The molecule has 0 saturated heterocycles. The van der Waals surface area contributed by atoms with Gasteiger partial charge in [-0.1, -0.05) is 39.3 Å². The van der Waals surface area contributed by atoms with Crippen LogP contribution in [-0.4, -0.2) is 19.7 Å². The van der Waals surface area contributed by atoms with Crippen LogP contribution in [-0.2, 0) is 6.42 Å². The van der Waals surface area contributed by atoms with Gasteiger partial charge in [0.2, 0.25) is 0 Å². The Morgan fingerprint density at radius 1 is 1.25 bits per heavy atom. The predicted octanol–water partition coefficient (Wildman–Crippen LogP) is 4.55. The molecule has 0 amide bonds. The maximum Gasteiger partial charge on any atom is 0.122 e. The Labute approximate surface area is 128 Å². The lowest BCUT2D eigenvalue weighted by Crippen LogP contribution is -2.39. The van der Waals surface area contributed by atoms with Crippen LogP contribution < -0.4 is 10.1 Å². The van der Waals surface area contributed by atoms with Gasteiger partial charge in [0, 0.05) is 11.1 Å². The summed E-state index contributed by atoms with van der Waals surface area (Å²) in [6.07, 6.45) is 2.09. The first-order chi connectivity index (χ1) is 9.49. The van der Waals surface area contributed by atoms with Crippen molar-refractivity contribution in [1.29, 1.82) is 0 Å². The monoisotopic (exact) mass is 297 g/mol. The highest BCUT2D eigenvalue weighted by molar-refractivity contribution is 6.30. The first-order valence-corrected chi connectivity index (χ1v) is 7.93. The fourth-order valence-corrected chi connectivity index (χ4v) is 2.58. The van der Waals surface area contributed by atoms with E-state index in [0.29, 0.717) is 17.9 Å². The molecule has 0 fully saturated rings. The minimum absolute atomic E-state index is 0.447. The van der Waals surface area contributed by atoms with Gasteiger partial charge in [-0.05, 0) is 55.0 Å². The van der Waals surface area contributed by atoms with Crippen LogP contribution in [0.3, 0.4) is 0 Å². The standard InChI is InChI=1S/C17H28ClNO/c1-6-9-19-16(13(4)12(2)3)11-14-10-15(18)7-8-17(14)20-5/h7-8,10,12-13,16,19H,6,9,11H2,1-5H3. The molecule has 20 heavy (non-hydrogen) atoms. The first kappa shape index (κ1) is 17.3. The van der Waals surface area contributed by atoms with Crippen molar-refractivity contribution in [2.75, 3.05) is 13.7 Å². The summed E-state index contributed by atoms with van der Waals surface area (Å²) in [5, 5.41) is 4.44. The molecule has 1 aromatic carbocycles. The van der Waals surface area contributed by atoms with Crippen LogP contribution in [0.2, 0.25) is 5.02 Å². The molecule has 0 aliphatic heterocycles. The highest BCUT2D eigenvalue weighted by Gasteiger charge is 2.21. The molecule has 1 rings (SSSR count). The lowest BCUT2D eigenvalue weighted by Gasteiger charge is -2.29. The Morgan fingerprint density at radius 2 is 1.95 bits per heavy atom. The number of methoxy groups -OCH3 is 1. The van der Waals surface area contributed by atoms with Crippen LogP contribution in [0, 0.1) is 11.8 Å². The van der Waals surface area contributed by atoms with Gasteiger partial charge >= 0.3 is 0 Å². The second kappa shape index (κ2) is 8.53. The zero-order chi connectivity index (χ0) is 15.1. The predicted molar refractivity (Wildman–Crippen MR) is 87.8 cm³/mol. The fourth-order valence-electron chi connectivity index (χ4n) is 2.38. The molecule has 0 saturated carbocycles. The zero-order valence-corrected chi connectivity index (χ0v) is 14.1. The van der Waals surface area contributed by atoms with Crippen molar-refractivity contribution in [3.63, 3.8) is 0 Å². The van der Waals surface area contributed by atoms with Crippen LogP contribution in [0.5, 0.6) is 5.75 Å². The second-order valence-electron chi connectivity index (χ2n) is 5.82. The van der Waals surface area contributed by atoms with Crippen molar-refractivity contribution in [2.24, 2.45) is 11.8 Å². The van der Waals surface area contributed by atoms with Crippen LogP contribution >= 0.6 is 11.6 Å². The third-order valence-electron chi connectivity index (χ3n) is 4.03. The largest absolute Gasteiger partial charge is 0.496 e. The van der Waals surface area contributed by atoms with E-state index < -0.39 is 0 Å². The van der Waals surface area contributed by atoms with Gasteiger partial charge in [-0.2, -0.15) is 0 Å². The van der Waals surface area contributed by atoms with Crippen molar-refractivity contribution in [3.8, 4) is 5.75 Å². The van der Waals surface area contributed by atoms with Crippen molar-refractivity contribution in [3.05, 3.63) is 28.8 Å². The topological polar surface area (TPSA) is 21.3 Å². The minimum atomic E-state index is 0.447. The second-order valence-corrected chi connectivity index (χ2v) is 6.26. The third kappa shape index (κ3) is 4.99. The van der Waals surface area contributed by atoms with Crippen LogP contribution in [0.4, 0.5) is 0 Å². The smallest absolute Gasteiger partial charge is 0.122 e. The SMILES string of the molecule is CCCNC(Cc1cc(Cl)ccc1OC)C(C)C(C)C. The normalized spacial score (nSPS) is 14.3. The quantitative estimate of drug-likeness (QED) is 0.760. The first-order valence-electron chi connectivity index (χ1n) is 7.55. The molecular formula is C17H28ClNO. The molecular weight excluding hydrogens is 270 g/mol. The molecule has 114 valence electrons. The number of hydrogen-bond acceptors (Lipinski definition) is 2. The summed E-state index contributed by atoms with van der Waals surface area (Å²) >= 11 is 6.13. The third-order valence-corrected chi connectivity index (χ3v) is 4.26. The number of hydrogen-bond donors (Lipinski definition) is 1. The molecule has 0 radical (unpaired) electrons. The van der Waals surface area contributed by atoms with E-state index in [2.05, 4.69) is 33.0 Å². The Balaban J connectivity index is 2.90. The Bertz CT molecular complexity index is 406. The molecule has 2 unspecified atom stereocenters. The van der Waals surface area contributed by atoms with Gasteiger partial charge in [0.1, 0.15) is 5.75 Å². The zero-order valence-electron chi connectivity index (χ0n) is 13.4. The molecule has 2 nitrogen and oxygen atoms in total. The van der Waals surface area contributed by atoms with E-state index in [4.69, 9.17) is 16.3 Å². The van der Waals surface area contributed by atoms with Crippen molar-refractivity contribution in [1.82, 2.24) is 5.32 Å². The fraction of sp³-hybridized carbons (Fsp3) is 0.647. The molecule has 0 heterocycles. The number of benzene rings is 1. The Morgan fingerprint density at radius 3 is 2.50 bits per heavy atom. The molecule has 0 aromatic heterocycles. The van der Waals surface area contributed by atoms with E-state index in [-0.39, 0.29) is 0 Å². The highest BCUT2D eigenvalue weighted by atomic mass is 35.5. The Kier molecular flexibility index (Phi) is 7.39. The van der Waals surface area contributed by atoms with Gasteiger partial charge in [-0.25, -0.2) is 0 Å². The van der Waals surface area contributed by atoms with E-state index in [9.17, 15) is 0 Å². The molecule has 0 aliphatic rings. The van der Waals surface area contributed by atoms with Crippen LogP contribution in [0.15, 0.2) is 18.2 Å². The maximum absolute atomic E-state index is 6.13. The van der Waals surface area contributed by atoms with Crippen molar-refractivity contribution >= 4 is 11.6 Å². The summed E-state index contributed by atoms with van der Waals surface area (Å²) in [7, 11) is 1.72. The molecule has 1 aromatic rings. The van der Waals surface area contributed by atoms with Gasteiger partial charge in [0.05, 0.1) is 7.11 Å². The minimum Gasteiger partial charge on any atom is -0.496 e. The lowest BCUT2D eigenvalue weighted by atomic mass is 9.86. The summed E-state index contributed by atoms with van der Waals surface area (Å²) in [5.41, 5.74) is 1.18. The summed E-state index contributed by atoms with van der Waals surface area (Å²) in [4.78, 5) is 0. The molecule has 0 spiro atoms. The molecule has 0 aliphatic carbocycles. The lowest BCUT2D eigenvalue weighted by molar-refractivity contribution is 0.294. The van der Waals surface area contributed by atoms with Gasteiger partial charge in [0.25, 0.3) is 0 Å². The van der Waals surface area contributed by atoms with Crippen LogP contribution in [0.1, 0.15) is 39.7 Å². The van der Waals surface area contributed by atoms with Gasteiger partial charge in [-0.15, -0.1) is 0 Å². The van der Waals surface area contributed by atoms with E-state index >= 15 is 0 Å². The number of rotatable bonds is 8. The van der Waals surface area contributed by atoms with Crippen LogP contribution in [0.25, 0.3) is 0 Å².